The van der Waals surface area contributed by atoms with Crippen LogP contribution in [-0.4, -0.2) is 33.4 Å². The van der Waals surface area contributed by atoms with Crippen molar-refractivity contribution in [1.82, 2.24) is 20.3 Å². The fourth-order valence-corrected chi connectivity index (χ4v) is 3.39. The van der Waals surface area contributed by atoms with Crippen molar-refractivity contribution < 1.29 is 14.1 Å². The van der Waals surface area contributed by atoms with Crippen LogP contribution in [0.5, 0.6) is 0 Å². The van der Waals surface area contributed by atoms with Gasteiger partial charge in [-0.05, 0) is 13.0 Å². The van der Waals surface area contributed by atoms with Gasteiger partial charge in [0.1, 0.15) is 11.6 Å². The molecule has 0 saturated heterocycles. The van der Waals surface area contributed by atoms with E-state index in [1.807, 2.05) is 30.3 Å². The summed E-state index contributed by atoms with van der Waals surface area (Å²) < 4.78 is 10.3. The molecule has 0 aliphatic carbocycles. The Hall–Kier alpha value is -3.17. The van der Waals surface area contributed by atoms with Crippen molar-refractivity contribution in [2.24, 2.45) is 0 Å². The average Bonchev–Trinajstić information content (AvgIpc) is 3.28. The molecular formula is C18H15N5O3S. The maximum atomic E-state index is 12.9. The summed E-state index contributed by atoms with van der Waals surface area (Å²) in [6, 6.07) is 11.3. The number of nitrogens with one attached hydrogen (secondary N) is 1. The van der Waals surface area contributed by atoms with Crippen LogP contribution < -0.4 is 5.32 Å². The molecule has 0 unspecified atom stereocenters. The minimum Gasteiger partial charge on any atom is -0.377 e. The minimum absolute atomic E-state index is 0.316. The first-order valence-electron chi connectivity index (χ1n) is 8.11. The molecule has 0 bridgehead atoms. The number of nitrogens with zero attached hydrogens (tertiary/aromatic N) is 4. The first kappa shape index (κ1) is 17.3. The van der Waals surface area contributed by atoms with Gasteiger partial charge in [0.05, 0.1) is 22.3 Å². The van der Waals surface area contributed by atoms with E-state index >= 15 is 0 Å². The Bertz CT molecular complexity index is 1110. The lowest BCUT2D eigenvalue weighted by Gasteiger charge is -2.06. The van der Waals surface area contributed by atoms with E-state index in [4.69, 9.17) is 9.26 Å². The molecular weight excluding hydrogens is 366 g/mol. The number of hydrogen-bond donors (Lipinski definition) is 1. The third-order valence-corrected chi connectivity index (χ3v) is 4.70. The fourth-order valence-electron chi connectivity index (χ4n) is 2.68. The van der Waals surface area contributed by atoms with E-state index in [-0.39, 0.29) is 5.91 Å². The Morgan fingerprint density at radius 1 is 1.26 bits per heavy atom. The number of aryl methyl sites for hydroxylation is 1. The lowest BCUT2D eigenvalue weighted by molar-refractivity contribution is 0.102. The summed E-state index contributed by atoms with van der Waals surface area (Å²) in [5.41, 5.74) is 2.83. The molecule has 0 radical (unpaired) electrons. The molecule has 0 fully saturated rings. The Morgan fingerprint density at radius 2 is 2.07 bits per heavy atom. The van der Waals surface area contributed by atoms with E-state index in [0.717, 1.165) is 5.56 Å². The van der Waals surface area contributed by atoms with Gasteiger partial charge in [0.25, 0.3) is 11.6 Å². The smallest absolute Gasteiger partial charge is 0.259 e. The number of fused-ring (bicyclic) bond motifs is 1. The molecule has 9 heteroatoms. The molecule has 0 saturated carbocycles. The topological polar surface area (TPSA) is 103 Å². The van der Waals surface area contributed by atoms with E-state index in [0.29, 0.717) is 44.8 Å². The second kappa shape index (κ2) is 7.22. The van der Waals surface area contributed by atoms with E-state index in [2.05, 4.69) is 25.7 Å². The highest BCUT2D eigenvalue weighted by Crippen LogP contribution is 2.28. The first-order valence-corrected chi connectivity index (χ1v) is 8.92. The second-order valence-electron chi connectivity index (χ2n) is 5.76. The first-order chi connectivity index (χ1) is 13.2. The lowest BCUT2D eigenvalue weighted by atomic mass is 10.1. The standard InChI is InChI=1S/C18H15N5O3S/c1-10-15-12(16(24)20-18-22-21-14(27-18)9-25-2)8-13(19-17(15)26-23-10)11-6-4-3-5-7-11/h3-8H,9H2,1-2H3,(H,20,22,24). The van der Waals surface area contributed by atoms with Gasteiger partial charge < -0.3 is 9.26 Å². The monoisotopic (exact) mass is 381 g/mol. The summed E-state index contributed by atoms with van der Waals surface area (Å²) in [6.45, 7) is 2.12. The van der Waals surface area contributed by atoms with Crippen LogP contribution in [0.25, 0.3) is 22.4 Å². The van der Waals surface area contributed by atoms with Crippen molar-refractivity contribution in [3.63, 3.8) is 0 Å². The van der Waals surface area contributed by atoms with Gasteiger partial charge in [-0.25, -0.2) is 4.98 Å². The van der Waals surface area contributed by atoms with Crippen molar-refractivity contribution in [3.05, 3.63) is 52.7 Å². The van der Waals surface area contributed by atoms with Gasteiger partial charge in [-0.3, -0.25) is 10.1 Å². The van der Waals surface area contributed by atoms with Crippen LogP contribution in [0.15, 0.2) is 40.9 Å². The number of amides is 1. The van der Waals surface area contributed by atoms with E-state index < -0.39 is 0 Å². The van der Waals surface area contributed by atoms with Crippen LogP contribution in [0, 0.1) is 6.92 Å². The van der Waals surface area contributed by atoms with E-state index in [1.165, 1.54) is 11.3 Å². The van der Waals surface area contributed by atoms with Gasteiger partial charge in [0.15, 0.2) is 0 Å². The molecule has 4 rings (SSSR count). The summed E-state index contributed by atoms with van der Waals surface area (Å²) in [5, 5.41) is 16.3. The zero-order valence-electron chi connectivity index (χ0n) is 14.6. The van der Waals surface area contributed by atoms with Crippen LogP contribution in [0.3, 0.4) is 0 Å². The molecule has 136 valence electrons. The highest BCUT2D eigenvalue weighted by atomic mass is 32.1. The molecule has 0 atom stereocenters. The molecule has 27 heavy (non-hydrogen) atoms. The molecule has 1 N–H and O–H groups in total. The Morgan fingerprint density at radius 3 is 2.85 bits per heavy atom. The predicted molar refractivity (Wildman–Crippen MR) is 101 cm³/mol. The number of benzene rings is 1. The van der Waals surface area contributed by atoms with Crippen molar-refractivity contribution >= 4 is 33.5 Å². The van der Waals surface area contributed by atoms with Crippen molar-refractivity contribution in [3.8, 4) is 11.3 Å². The number of rotatable bonds is 5. The van der Waals surface area contributed by atoms with Crippen molar-refractivity contribution in [1.29, 1.82) is 0 Å². The molecule has 3 heterocycles. The minimum atomic E-state index is -0.328. The summed E-state index contributed by atoms with van der Waals surface area (Å²) in [6.07, 6.45) is 0. The lowest BCUT2D eigenvalue weighted by Crippen LogP contribution is -2.13. The van der Waals surface area contributed by atoms with Crippen LogP contribution >= 0.6 is 11.3 Å². The number of aromatic nitrogens is 4. The Labute approximate surface area is 158 Å². The number of ether oxygens (including phenoxy) is 1. The fraction of sp³-hybridized carbons (Fsp3) is 0.167. The van der Waals surface area contributed by atoms with Crippen LogP contribution in [0.4, 0.5) is 5.13 Å². The molecule has 1 aromatic carbocycles. The summed E-state index contributed by atoms with van der Waals surface area (Å²) >= 11 is 1.26. The third kappa shape index (κ3) is 3.42. The second-order valence-corrected chi connectivity index (χ2v) is 6.82. The molecule has 0 aliphatic rings. The normalized spacial score (nSPS) is 11.0. The zero-order valence-corrected chi connectivity index (χ0v) is 15.4. The average molecular weight is 381 g/mol. The van der Waals surface area contributed by atoms with Gasteiger partial charge in [0, 0.05) is 12.7 Å². The molecule has 1 amide bonds. The highest BCUT2D eigenvalue weighted by molar-refractivity contribution is 7.15. The van der Waals surface area contributed by atoms with Crippen LogP contribution in [0.2, 0.25) is 0 Å². The van der Waals surface area contributed by atoms with E-state index in [1.54, 1.807) is 20.1 Å². The number of carbonyl (C=O) groups excluding carboxylic acids is 1. The predicted octanol–water partition coefficient (Wildman–Crippen LogP) is 3.45. The van der Waals surface area contributed by atoms with Gasteiger partial charge in [-0.2, -0.15) is 0 Å². The Kier molecular flexibility index (Phi) is 4.61. The van der Waals surface area contributed by atoms with Crippen molar-refractivity contribution in [2.75, 3.05) is 12.4 Å². The Balaban J connectivity index is 1.74. The molecule has 0 aliphatic heterocycles. The largest absolute Gasteiger partial charge is 0.377 e. The van der Waals surface area contributed by atoms with Crippen LogP contribution in [-0.2, 0) is 11.3 Å². The van der Waals surface area contributed by atoms with Gasteiger partial charge in [-0.1, -0.05) is 46.8 Å². The SMILES string of the molecule is COCc1nnc(NC(=O)c2cc(-c3ccccc3)nc3onc(C)c23)s1. The molecule has 0 spiro atoms. The third-order valence-electron chi connectivity index (χ3n) is 3.89. The number of pyridine rings is 1. The maximum absolute atomic E-state index is 12.9. The van der Waals surface area contributed by atoms with Gasteiger partial charge >= 0.3 is 0 Å². The number of methoxy groups -OCH3 is 1. The number of carbonyl (C=O) groups is 1. The van der Waals surface area contributed by atoms with Gasteiger partial charge in [0.2, 0.25) is 5.13 Å². The van der Waals surface area contributed by atoms with Crippen LogP contribution in [0.1, 0.15) is 21.1 Å². The highest BCUT2D eigenvalue weighted by Gasteiger charge is 2.20. The summed E-state index contributed by atoms with van der Waals surface area (Å²) in [7, 11) is 1.58. The molecule has 3 aromatic heterocycles. The quantitative estimate of drug-likeness (QED) is 0.565. The molecule has 8 nitrogen and oxygen atoms in total. The maximum Gasteiger partial charge on any atom is 0.259 e. The molecule has 4 aromatic rings. The summed E-state index contributed by atoms with van der Waals surface area (Å²) in [4.78, 5) is 17.4. The number of hydrogen-bond acceptors (Lipinski definition) is 8. The number of anilines is 1. The zero-order chi connectivity index (χ0) is 18.8. The summed E-state index contributed by atoms with van der Waals surface area (Å²) in [5.74, 6) is -0.328. The van der Waals surface area contributed by atoms with Crippen molar-refractivity contribution in [2.45, 2.75) is 13.5 Å². The van der Waals surface area contributed by atoms with Gasteiger partial charge in [-0.15, -0.1) is 10.2 Å². The van der Waals surface area contributed by atoms with E-state index in [9.17, 15) is 4.79 Å².